The SMILES string of the molecule is Cc1nc(C2CCCC2)nc(Cl)c1C(C)C. The molecule has 1 aromatic heterocycles. The van der Waals surface area contributed by atoms with Gasteiger partial charge in [-0.2, -0.15) is 0 Å². The summed E-state index contributed by atoms with van der Waals surface area (Å²) in [5.41, 5.74) is 2.15. The van der Waals surface area contributed by atoms with E-state index in [0.29, 0.717) is 17.0 Å². The second-order valence-electron chi connectivity index (χ2n) is 5.01. The van der Waals surface area contributed by atoms with Crippen LogP contribution in [0.5, 0.6) is 0 Å². The molecule has 1 heterocycles. The van der Waals surface area contributed by atoms with Crippen LogP contribution in [0.3, 0.4) is 0 Å². The van der Waals surface area contributed by atoms with Gasteiger partial charge in [-0.3, -0.25) is 0 Å². The van der Waals surface area contributed by atoms with Crippen LogP contribution in [0.25, 0.3) is 0 Å². The molecule has 0 atom stereocenters. The third kappa shape index (κ3) is 2.22. The Hall–Kier alpha value is -0.630. The van der Waals surface area contributed by atoms with Crippen molar-refractivity contribution in [3.63, 3.8) is 0 Å². The molecule has 1 aromatic rings. The Labute approximate surface area is 102 Å². The highest BCUT2D eigenvalue weighted by atomic mass is 35.5. The van der Waals surface area contributed by atoms with Crippen molar-refractivity contribution in [3.8, 4) is 0 Å². The van der Waals surface area contributed by atoms with Gasteiger partial charge in [-0.1, -0.05) is 38.3 Å². The fourth-order valence-electron chi connectivity index (χ4n) is 2.59. The monoisotopic (exact) mass is 238 g/mol. The third-order valence-electron chi connectivity index (χ3n) is 3.40. The zero-order valence-electron chi connectivity index (χ0n) is 10.3. The average molecular weight is 239 g/mol. The Morgan fingerprint density at radius 1 is 1.19 bits per heavy atom. The molecule has 2 nitrogen and oxygen atoms in total. The van der Waals surface area contributed by atoms with Crippen LogP contribution in [0.2, 0.25) is 5.15 Å². The molecule has 1 fully saturated rings. The first-order chi connectivity index (χ1) is 7.59. The van der Waals surface area contributed by atoms with Crippen molar-refractivity contribution in [2.75, 3.05) is 0 Å². The summed E-state index contributed by atoms with van der Waals surface area (Å²) in [4.78, 5) is 9.13. The first-order valence-corrected chi connectivity index (χ1v) is 6.51. The molecule has 1 aliphatic rings. The van der Waals surface area contributed by atoms with Crippen molar-refractivity contribution in [3.05, 3.63) is 22.2 Å². The first-order valence-electron chi connectivity index (χ1n) is 6.13. The fraction of sp³-hybridized carbons (Fsp3) is 0.692. The van der Waals surface area contributed by atoms with E-state index < -0.39 is 0 Å². The summed E-state index contributed by atoms with van der Waals surface area (Å²) >= 11 is 6.26. The van der Waals surface area contributed by atoms with Crippen LogP contribution in [0, 0.1) is 6.92 Å². The molecule has 0 N–H and O–H groups in total. The van der Waals surface area contributed by atoms with Gasteiger partial charge in [0, 0.05) is 17.2 Å². The number of rotatable bonds is 2. The Kier molecular flexibility index (Phi) is 3.48. The molecule has 0 saturated heterocycles. The molecular formula is C13H19ClN2. The van der Waals surface area contributed by atoms with Crippen molar-refractivity contribution >= 4 is 11.6 Å². The lowest BCUT2D eigenvalue weighted by atomic mass is 10.0. The van der Waals surface area contributed by atoms with Gasteiger partial charge in [-0.25, -0.2) is 9.97 Å². The molecule has 88 valence electrons. The van der Waals surface area contributed by atoms with Gasteiger partial charge in [-0.15, -0.1) is 0 Å². The van der Waals surface area contributed by atoms with Gasteiger partial charge >= 0.3 is 0 Å². The van der Waals surface area contributed by atoms with Crippen LogP contribution in [0.4, 0.5) is 0 Å². The van der Waals surface area contributed by atoms with Crippen molar-refractivity contribution in [1.29, 1.82) is 0 Å². The number of aromatic nitrogens is 2. The van der Waals surface area contributed by atoms with E-state index in [9.17, 15) is 0 Å². The highest BCUT2D eigenvalue weighted by Gasteiger charge is 2.22. The quantitative estimate of drug-likeness (QED) is 0.721. The minimum atomic E-state index is 0.394. The lowest BCUT2D eigenvalue weighted by Crippen LogP contribution is -2.07. The minimum absolute atomic E-state index is 0.394. The number of aryl methyl sites for hydroxylation is 1. The van der Waals surface area contributed by atoms with E-state index in [2.05, 4.69) is 23.8 Å². The van der Waals surface area contributed by atoms with Gasteiger partial charge in [0.05, 0.1) is 0 Å². The summed E-state index contributed by atoms with van der Waals surface area (Å²) in [6.45, 7) is 6.31. The Morgan fingerprint density at radius 2 is 1.81 bits per heavy atom. The molecule has 0 bridgehead atoms. The fourth-order valence-corrected chi connectivity index (χ4v) is 3.03. The smallest absolute Gasteiger partial charge is 0.136 e. The topological polar surface area (TPSA) is 25.8 Å². The van der Waals surface area contributed by atoms with Gasteiger partial charge in [0.2, 0.25) is 0 Å². The van der Waals surface area contributed by atoms with Gasteiger partial charge in [0.1, 0.15) is 11.0 Å². The van der Waals surface area contributed by atoms with Gasteiger partial charge in [0.15, 0.2) is 0 Å². The molecular weight excluding hydrogens is 220 g/mol. The van der Waals surface area contributed by atoms with Gasteiger partial charge in [-0.05, 0) is 25.7 Å². The Balaban J connectivity index is 2.36. The average Bonchev–Trinajstić information content (AvgIpc) is 2.67. The summed E-state index contributed by atoms with van der Waals surface area (Å²) in [5, 5.41) is 0.657. The maximum absolute atomic E-state index is 6.26. The summed E-state index contributed by atoms with van der Waals surface area (Å²) in [7, 11) is 0. The number of hydrogen-bond donors (Lipinski definition) is 0. The van der Waals surface area contributed by atoms with E-state index >= 15 is 0 Å². The van der Waals surface area contributed by atoms with Gasteiger partial charge < -0.3 is 0 Å². The predicted octanol–water partition coefficient (Wildman–Crippen LogP) is 4.22. The summed E-state index contributed by atoms with van der Waals surface area (Å²) in [6, 6.07) is 0. The standard InChI is InChI=1S/C13H19ClN2/c1-8(2)11-9(3)15-13(16-12(11)14)10-6-4-5-7-10/h8,10H,4-7H2,1-3H3. The molecule has 0 unspecified atom stereocenters. The van der Waals surface area contributed by atoms with E-state index in [-0.39, 0.29) is 0 Å². The molecule has 0 amide bonds. The van der Waals surface area contributed by atoms with E-state index in [1.807, 2.05) is 6.92 Å². The van der Waals surface area contributed by atoms with E-state index in [1.165, 1.54) is 25.7 Å². The normalized spacial score (nSPS) is 17.3. The summed E-state index contributed by atoms with van der Waals surface area (Å²) < 4.78 is 0. The third-order valence-corrected chi connectivity index (χ3v) is 3.69. The van der Waals surface area contributed by atoms with Crippen LogP contribution in [0.1, 0.15) is 68.4 Å². The number of nitrogens with zero attached hydrogens (tertiary/aromatic N) is 2. The first kappa shape index (κ1) is 11.8. The van der Waals surface area contributed by atoms with E-state index in [1.54, 1.807) is 0 Å². The lowest BCUT2D eigenvalue weighted by molar-refractivity contribution is 0.657. The lowest BCUT2D eigenvalue weighted by Gasteiger charge is -2.14. The van der Waals surface area contributed by atoms with Crippen LogP contribution >= 0.6 is 11.6 Å². The molecule has 1 aliphatic carbocycles. The summed E-state index contributed by atoms with van der Waals surface area (Å²) in [5.74, 6) is 1.90. The Morgan fingerprint density at radius 3 is 2.31 bits per heavy atom. The van der Waals surface area contributed by atoms with Crippen molar-refractivity contribution in [1.82, 2.24) is 9.97 Å². The molecule has 0 radical (unpaired) electrons. The van der Waals surface area contributed by atoms with Crippen LogP contribution in [-0.4, -0.2) is 9.97 Å². The highest BCUT2D eigenvalue weighted by Crippen LogP contribution is 2.34. The van der Waals surface area contributed by atoms with Crippen LogP contribution in [-0.2, 0) is 0 Å². The largest absolute Gasteiger partial charge is 0.238 e. The molecule has 0 aliphatic heterocycles. The van der Waals surface area contributed by atoms with Crippen LogP contribution in [0.15, 0.2) is 0 Å². The molecule has 16 heavy (non-hydrogen) atoms. The van der Waals surface area contributed by atoms with Crippen molar-refractivity contribution in [2.24, 2.45) is 0 Å². The maximum atomic E-state index is 6.26. The molecule has 0 spiro atoms. The molecule has 1 saturated carbocycles. The van der Waals surface area contributed by atoms with Crippen LogP contribution < -0.4 is 0 Å². The zero-order chi connectivity index (χ0) is 11.7. The van der Waals surface area contributed by atoms with E-state index in [0.717, 1.165) is 17.1 Å². The maximum Gasteiger partial charge on any atom is 0.136 e. The van der Waals surface area contributed by atoms with Gasteiger partial charge in [0.25, 0.3) is 0 Å². The van der Waals surface area contributed by atoms with Crippen molar-refractivity contribution in [2.45, 2.75) is 58.3 Å². The second-order valence-corrected chi connectivity index (χ2v) is 5.37. The second kappa shape index (κ2) is 4.70. The molecule has 0 aromatic carbocycles. The Bertz CT molecular complexity index is 359. The number of hydrogen-bond acceptors (Lipinski definition) is 2. The molecule has 2 rings (SSSR count). The minimum Gasteiger partial charge on any atom is -0.238 e. The van der Waals surface area contributed by atoms with Crippen molar-refractivity contribution < 1.29 is 0 Å². The highest BCUT2D eigenvalue weighted by molar-refractivity contribution is 6.30. The summed E-state index contributed by atoms with van der Waals surface area (Å²) in [6.07, 6.45) is 5.04. The predicted molar refractivity (Wildman–Crippen MR) is 67.1 cm³/mol. The van der Waals surface area contributed by atoms with E-state index in [4.69, 9.17) is 11.6 Å². The molecule has 3 heteroatoms. The number of halogens is 1. The zero-order valence-corrected chi connectivity index (χ0v) is 11.0.